The van der Waals surface area contributed by atoms with Crippen molar-refractivity contribution in [1.29, 1.82) is 0 Å². The van der Waals surface area contributed by atoms with Gasteiger partial charge in [0.15, 0.2) is 0 Å². The third-order valence-electron chi connectivity index (χ3n) is 6.62. The maximum absolute atomic E-state index is 2.63. The van der Waals surface area contributed by atoms with Crippen molar-refractivity contribution in [3.63, 3.8) is 0 Å². The van der Waals surface area contributed by atoms with Gasteiger partial charge in [-0.15, -0.1) is 0 Å². The fraction of sp³-hybridized carbons (Fsp3) is 0.600. The van der Waals surface area contributed by atoms with E-state index in [1.807, 2.05) is 3.33 Å². The summed E-state index contributed by atoms with van der Waals surface area (Å²) in [5.74, 6) is 1.85. The first kappa shape index (κ1) is 20.9. The molecule has 130 valence electrons. The predicted octanol–water partition coefficient (Wildman–Crippen LogP) is 0.104. The summed E-state index contributed by atoms with van der Waals surface area (Å²) in [7, 11) is -0.937. The molecule has 0 aromatic rings. The molecule has 24 heavy (non-hydrogen) atoms. The van der Waals surface area contributed by atoms with Gasteiger partial charge < -0.3 is 24.8 Å². The summed E-state index contributed by atoms with van der Waals surface area (Å²) in [6.07, 6.45) is 23.0. The van der Waals surface area contributed by atoms with Gasteiger partial charge in [-0.2, -0.15) is 0 Å². The zero-order valence-electron chi connectivity index (χ0n) is 14.6. The van der Waals surface area contributed by atoms with Crippen molar-refractivity contribution in [2.24, 2.45) is 11.8 Å². The van der Waals surface area contributed by atoms with E-state index in [0.29, 0.717) is 0 Å². The second kappa shape index (κ2) is 9.02. The second-order valence-electron chi connectivity index (χ2n) is 7.81. The largest absolute Gasteiger partial charge is 1.00 e. The number of halogens is 2. The maximum Gasteiger partial charge on any atom is -1.00 e. The molecule has 0 radical (unpaired) electrons. The van der Waals surface area contributed by atoms with Gasteiger partial charge in [-0.25, -0.2) is 0 Å². The maximum atomic E-state index is 2.63. The molecule has 0 bridgehead atoms. The summed E-state index contributed by atoms with van der Waals surface area (Å²) in [5.41, 5.74) is 1.16. The molecule has 1 aliphatic heterocycles. The van der Waals surface area contributed by atoms with E-state index in [2.05, 4.69) is 49.5 Å². The van der Waals surface area contributed by atoms with Gasteiger partial charge in [0.2, 0.25) is 0 Å². The molecule has 4 rings (SSSR count). The van der Waals surface area contributed by atoms with E-state index in [4.69, 9.17) is 0 Å². The summed E-state index contributed by atoms with van der Waals surface area (Å²) in [6.45, 7) is 2.44. The molecule has 0 aromatic heterocycles. The number of hydrogen-bond acceptors (Lipinski definition) is 0. The third kappa shape index (κ3) is 3.82. The van der Waals surface area contributed by atoms with Crippen LogP contribution in [0.4, 0.5) is 0 Å². The molecule has 1 heterocycles. The van der Waals surface area contributed by atoms with Crippen LogP contribution in [0.3, 0.4) is 0 Å². The van der Waals surface area contributed by atoms with E-state index >= 15 is 0 Å². The first-order valence-electron chi connectivity index (χ1n) is 9.30. The fourth-order valence-corrected chi connectivity index (χ4v) is 22.2. The van der Waals surface area contributed by atoms with Gasteiger partial charge in [0.05, 0.1) is 0 Å². The van der Waals surface area contributed by atoms with Crippen LogP contribution in [0.1, 0.15) is 32.6 Å². The zero-order chi connectivity index (χ0) is 15.0. The van der Waals surface area contributed by atoms with E-state index in [1.165, 1.54) is 16.5 Å². The molecular weight excluding hydrogens is 518 g/mol. The van der Waals surface area contributed by atoms with Crippen LogP contribution in [-0.2, 0) is 22.9 Å². The molecule has 4 atom stereocenters. The number of hydrogen-bond donors (Lipinski definition) is 0. The number of rotatable bonds is 5. The van der Waals surface area contributed by atoms with Crippen molar-refractivity contribution in [3.8, 4) is 0 Å². The predicted molar refractivity (Wildman–Crippen MR) is 94.3 cm³/mol. The van der Waals surface area contributed by atoms with Gasteiger partial charge in [-0.05, 0) is 0 Å². The van der Waals surface area contributed by atoms with Crippen LogP contribution in [0.5, 0.6) is 0 Å². The molecule has 3 aliphatic carbocycles. The van der Waals surface area contributed by atoms with Crippen LogP contribution in [0, 0.1) is 11.8 Å². The normalized spacial score (nSPS) is 34.5. The Bertz CT molecular complexity index is 548. The Morgan fingerprint density at radius 3 is 2.54 bits per heavy atom. The molecular formula is C20H28Cl2HfSi. The van der Waals surface area contributed by atoms with Crippen molar-refractivity contribution >= 4 is 8.07 Å². The Balaban J connectivity index is 0.00000104. The summed E-state index contributed by atoms with van der Waals surface area (Å²) in [4.78, 5) is 0. The minimum Gasteiger partial charge on any atom is -1.00 e. The third-order valence-corrected chi connectivity index (χ3v) is 20.3. The molecule has 0 aromatic carbocycles. The van der Waals surface area contributed by atoms with Crippen LogP contribution >= 0.6 is 0 Å². The SMILES string of the molecule is CCC[Si]1(C2[CH]([Hf+2][C]3=CC=CC3)CC3C=CC=CC32)CCC1.[Cl-].[Cl-]. The van der Waals surface area contributed by atoms with E-state index in [1.54, 1.807) is 31.0 Å². The monoisotopic (exact) mass is 546 g/mol. The minimum atomic E-state index is -0.937. The molecule has 4 heteroatoms. The molecule has 1 saturated carbocycles. The van der Waals surface area contributed by atoms with E-state index in [9.17, 15) is 0 Å². The first-order valence-corrected chi connectivity index (χ1v) is 15.9. The Morgan fingerprint density at radius 2 is 1.92 bits per heavy atom. The van der Waals surface area contributed by atoms with Crippen LogP contribution in [-0.4, -0.2) is 8.07 Å². The topological polar surface area (TPSA) is 0 Å². The van der Waals surface area contributed by atoms with Gasteiger partial charge in [0.25, 0.3) is 0 Å². The Morgan fingerprint density at radius 1 is 1.12 bits per heavy atom. The van der Waals surface area contributed by atoms with E-state index in [-0.39, 0.29) is 24.8 Å². The quantitative estimate of drug-likeness (QED) is 0.430. The molecule has 0 amide bonds. The minimum absolute atomic E-state index is 0. The van der Waals surface area contributed by atoms with Crippen LogP contribution in [0.15, 0.2) is 45.9 Å². The average Bonchev–Trinajstić information content (AvgIpc) is 3.11. The molecule has 4 unspecified atom stereocenters. The van der Waals surface area contributed by atoms with Crippen LogP contribution in [0.2, 0.25) is 27.3 Å². The average molecular weight is 546 g/mol. The number of fused-ring (bicyclic) bond motifs is 1. The Kier molecular flexibility index (Phi) is 7.86. The van der Waals surface area contributed by atoms with E-state index in [0.717, 1.165) is 17.4 Å². The molecule has 0 spiro atoms. The summed E-state index contributed by atoms with van der Waals surface area (Å²) in [6, 6.07) is 4.97. The first-order chi connectivity index (χ1) is 10.8. The molecule has 2 fully saturated rings. The van der Waals surface area contributed by atoms with Gasteiger partial charge in [0.1, 0.15) is 0 Å². The summed E-state index contributed by atoms with van der Waals surface area (Å²) >= 11 is -0.620. The Labute approximate surface area is 172 Å². The molecule has 1 saturated heterocycles. The standard InChI is InChI=1S/C15H23Si.C5H5.2ClH.Hf/c1-2-10-16(11-5-12-16)15-9-8-13-6-3-4-7-14(13)15;1-2-4-5-3-1;;;/h3-4,6-7,9,13-15H,2,5,8,10-12H2,1H3;1-3H,4H2;2*1H;/q;;;;+2/p-2. The molecule has 4 aliphatic rings. The smallest absolute Gasteiger partial charge is 1.00 e. The van der Waals surface area contributed by atoms with Crippen molar-refractivity contribution < 1.29 is 47.7 Å². The van der Waals surface area contributed by atoms with Crippen molar-refractivity contribution in [2.45, 2.75) is 60.0 Å². The van der Waals surface area contributed by atoms with Gasteiger partial charge >= 0.3 is 149 Å². The zero-order valence-corrected chi connectivity index (χ0v) is 20.7. The number of allylic oxidation sites excluding steroid dienone is 8. The molecule has 0 N–H and O–H groups in total. The van der Waals surface area contributed by atoms with Crippen molar-refractivity contribution in [1.82, 2.24) is 0 Å². The molecule has 0 nitrogen and oxygen atoms in total. The van der Waals surface area contributed by atoms with Gasteiger partial charge in [-0.1, -0.05) is 0 Å². The van der Waals surface area contributed by atoms with E-state index < -0.39 is 31.0 Å². The summed E-state index contributed by atoms with van der Waals surface area (Å²) < 4.78 is 3.08. The van der Waals surface area contributed by atoms with Crippen LogP contribution < -0.4 is 24.8 Å². The Hall–Kier alpha value is 0.627. The van der Waals surface area contributed by atoms with Gasteiger partial charge in [-0.3, -0.25) is 0 Å². The van der Waals surface area contributed by atoms with Crippen molar-refractivity contribution in [2.75, 3.05) is 0 Å². The fourth-order valence-electron chi connectivity index (χ4n) is 5.66. The second-order valence-corrected chi connectivity index (χ2v) is 18.7. The van der Waals surface area contributed by atoms with Crippen molar-refractivity contribution in [3.05, 3.63) is 45.9 Å². The summed E-state index contributed by atoms with van der Waals surface area (Å²) in [5, 5.41) is 0. The van der Waals surface area contributed by atoms with Crippen LogP contribution in [0.25, 0.3) is 0 Å². The van der Waals surface area contributed by atoms with Gasteiger partial charge in [0, 0.05) is 0 Å².